The standard InChI is InChI=1S/C18H23N3O3/c1-12(2)11-20-13-7-8-19-15(9-13)18(22)21-14-5-6-16(23-3)17(10-14)24-4/h5-10,12H,11H2,1-4H3,(H,19,20)(H,21,22). The van der Waals surface area contributed by atoms with Crippen LogP contribution in [0.1, 0.15) is 24.3 Å². The van der Waals surface area contributed by atoms with Gasteiger partial charge < -0.3 is 20.1 Å². The molecule has 1 aromatic carbocycles. The Morgan fingerprint density at radius 3 is 2.50 bits per heavy atom. The van der Waals surface area contributed by atoms with Gasteiger partial charge in [0.25, 0.3) is 5.91 Å². The molecule has 0 aliphatic rings. The molecule has 0 radical (unpaired) electrons. The van der Waals surface area contributed by atoms with Crippen LogP contribution in [0, 0.1) is 5.92 Å². The number of rotatable bonds is 7. The molecule has 1 aromatic heterocycles. The van der Waals surface area contributed by atoms with E-state index in [0.29, 0.717) is 28.8 Å². The molecule has 0 unspecified atom stereocenters. The minimum Gasteiger partial charge on any atom is -0.493 e. The van der Waals surface area contributed by atoms with Gasteiger partial charge >= 0.3 is 0 Å². The fraction of sp³-hybridized carbons (Fsp3) is 0.333. The Hall–Kier alpha value is -2.76. The lowest BCUT2D eigenvalue weighted by atomic mass is 10.2. The van der Waals surface area contributed by atoms with Crippen LogP contribution in [0.4, 0.5) is 11.4 Å². The van der Waals surface area contributed by atoms with Gasteiger partial charge in [-0.25, -0.2) is 0 Å². The lowest BCUT2D eigenvalue weighted by molar-refractivity contribution is 0.102. The van der Waals surface area contributed by atoms with Crippen LogP contribution in [-0.4, -0.2) is 31.7 Å². The van der Waals surface area contributed by atoms with Crippen LogP contribution < -0.4 is 20.1 Å². The second-order valence-corrected chi connectivity index (χ2v) is 5.73. The highest BCUT2D eigenvalue weighted by Crippen LogP contribution is 2.29. The molecule has 2 aromatic rings. The lowest BCUT2D eigenvalue weighted by Gasteiger charge is -2.11. The molecule has 0 atom stereocenters. The van der Waals surface area contributed by atoms with E-state index in [1.54, 1.807) is 44.7 Å². The van der Waals surface area contributed by atoms with Crippen LogP contribution >= 0.6 is 0 Å². The molecule has 2 rings (SSSR count). The molecular weight excluding hydrogens is 306 g/mol. The first kappa shape index (κ1) is 17.6. The predicted octanol–water partition coefficient (Wildman–Crippen LogP) is 3.42. The molecule has 6 heteroatoms. The summed E-state index contributed by atoms with van der Waals surface area (Å²) in [5, 5.41) is 6.09. The van der Waals surface area contributed by atoms with Crippen molar-refractivity contribution in [3.63, 3.8) is 0 Å². The molecule has 1 amide bonds. The van der Waals surface area contributed by atoms with Crippen LogP contribution in [0.15, 0.2) is 36.5 Å². The van der Waals surface area contributed by atoms with E-state index in [2.05, 4.69) is 29.5 Å². The largest absolute Gasteiger partial charge is 0.493 e. The Balaban J connectivity index is 2.11. The number of hydrogen-bond donors (Lipinski definition) is 2. The van der Waals surface area contributed by atoms with Crippen molar-refractivity contribution in [2.75, 3.05) is 31.4 Å². The van der Waals surface area contributed by atoms with Gasteiger partial charge in [-0.2, -0.15) is 0 Å². The Morgan fingerprint density at radius 2 is 1.83 bits per heavy atom. The molecule has 0 bridgehead atoms. The second kappa shape index (κ2) is 8.19. The summed E-state index contributed by atoms with van der Waals surface area (Å²) in [6.07, 6.45) is 1.62. The van der Waals surface area contributed by atoms with Crippen molar-refractivity contribution in [1.29, 1.82) is 0 Å². The Morgan fingerprint density at radius 1 is 1.08 bits per heavy atom. The van der Waals surface area contributed by atoms with E-state index in [1.807, 2.05) is 6.07 Å². The van der Waals surface area contributed by atoms with E-state index >= 15 is 0 Å². The molecule has 0 saturated heterocycles. The summed E-state index contributed by atoms with van der Waals surface area (Å²) in [5.41, 5.74) is 1.83. The summed E-state index contributed by atoms with van der Waals surface area (Å²) in [4.78, 5) is 16.5. The minimum absolute atomic E-state index is 0.282. The predicted molar refractivity (Wildman–Crippen MR) is 95.1 cm³/mol. The van der Waals surface area contributed by atoms with Gasteiger partial charge in [0, 0.05) is 30.2 Å². The van der Waals surface area contributed by atoms with Gasteiger partial charge in [-0.1, -0.05) is 13.8 Å². The number of ether oxygens (including phenoxy) is 2. The SMILES string of the molecule is COc1ccc(NC(=O)c2cc(NCC(C)C)ccn2)cc1OC. The fourth-order valence-corrected chi connectivity index (χ4v) is 2.10. The number of pyridine rings is 1. The quantitative estimate of drug-likeness (QED) is 0.814. The number of carbonyl (C=O) groups is 1. The maximum Gasteiger partial charge on any atom is 0.274 e. The summed E-state index contributed by atoms with van der Waals surface area (Å²) in [7, 11) is 3.12. The summed E-state index contributed by atoms with van der Waals surface area (Å²) in [5.74, 6) is 1.39. The van der Waals surface area contributed by atoms with E-state index in [4.69, 9.17) is 9.47 Å². The normalized spacial score (nSPS) is 10.4. The zero-order valence-electron chi connectivity index (χ0n) is 14.4. The van der Waals surface area contributed by atoms with Gasteiger partial charge in [0.05, 0.1) is 14.2 Å². The van der Waals surface area contributed by atoms with E-state index < -0.39 is 0 Å². The third kappa shape index (κ3) is 4.62. The van der Waals surface area contributed by atoms with Gasteiger partial charge in [-0.15, -0.1) is 0 Å². The Labute approximate surface area is 142 Å². The van der Waals surface area contributed by atoms with E-state index in [9.17, 15) is 4.79 Å². The second-order valence-electron chi connectivity index (χ2n) is 5.73. The molecule has 24 heavy (non-hydrogen) atoms. The van der Waals surface area contributed by atoms with E-state index in [0.717, 1.165) is 12.2 Å². The number of anilines is 2. The topological polar surface area (TPSA) is 72.5 Å². The third-order valence-electron chi connectivity index (χ3n) is 3.35. The van der Waals surface area contributed by atoms with Crippen molar-refractivity contribution < 1.29 is 14.3 Å². The molecule has 0 fully saturated rings. The summed E-state index contributed by atoms with van der Waals surface area (Å²) in [6.45, 7) is 5.08. The fourth-order valence-electron chi connectivity index (χ4n) is 2.10. The number of carbonyl (C=O) groups excluding carboxylic acids is 1. The molecule has 0 aliphatic heterocycles. The lowest BCUT2D eigenvalue weighted by Crippen LogP contribution is -2.15. The highest BCUT2D eigenvalue weighted by molar-refractivity contribution is 6.03. The Kier molecular flexibility index (Phi) is 6.01. The first-order chi connectivity index (χ1) is 11.5. The molecule has 2 N–H and O–H groups in total. The number of amides is 1. The average Bonchev–Trinajstić information content (AvgIpc) is 2.60. The molecule has 1 heterocycles. The van der Waals surface area contributed by atoms with E-state index in [-0.39, 0.29) is 5.91 Å². The Bertz CT molecular complexity index is 702. The number of nitrogens with one attached hydrogen (secondary N) is 2. The van der Waals surface area contributed by atoms with Crippen LogP contribution in [-0.2, 0) is 0 Å². The van der Waals surface area contributed by atoms with Crippen molar-refractivity contribution in [2.45, 2.75) is 13.8 Å². The van der Waals surface area contributed by atoms with Crippen LogP contribution in [0.3, 0.4) is 0 Å². The highest BCUT2D eigenvalue weighted by atomic mass is 16.5. The first-order valence-corrected chi connectivity index (χ1v) is 7.76. The first-order valence-electron chi connectivity index (χ1n) is 7.76. The zero-order valence-corrected chi connectivity index (χ0v) is 14.4. The summed E-state index contributed by atoms with van der Waals surface area (Å²) < 4.78 is 10.4. The van der Waals surface area contributed by atoms with Crippen LogP contribution in [0.25, 0.3) is 0 Å². The number of aromatic nitrogens is 1. The van der Waals surface area contributed by atoms with Gasteiger partial charge in [-0.3, -0.25) is 9.78 Å². The van der Waals surface area contributed by atoms with Crippen molar-refractivity contribution in [3.8, 4) is 11.5 Å². The number of methoxy groups -OCH3 is 2. The molecule has 0 saturated carbocycles. The van der Waals surface area contributed by atoms with Crippen LogP contribution in [0.2, 0.25) is 0 Å². The highest BCUT2D eigenvalue weighted by Gasteiger charge is 2.11. The van der Waals surface area contributed by atoms with E-state index in [1.165, 1.54) is 0 Å². The minimum atomic E-state index is -0.282. The summed E-state index contributed by atoms with van der Waals surface area (Å²) >= 11 is 0. The van der Waals surface area contributed by atoms with Gasteiger partial charge in [0.2, 0.25) is 0 Å². The van der Waals surface area contributed by atoms with Gasteiger partial charge in [0.1, 0.15) is 5.69 Å². The maximum absolute atomic E-state index is 12.4. The smallest absolute Gasteiger partial charge is 0.274 e. The van der Waals surface area contributed by atoms with Gasteiger partial charge in [0.15, 0.2) is 11.5 Å². The number of hydrogen-bond acceptors (Lipinski definition) is 5. The summed E-state index contributed by atoms with van der Waals surface area (Å²) in [6, 6.07) is 8.77. The van der Waals surface area contributed by atoms with Crippen LogP contribution in [0.5, 0.6) is 11.5 Å². The monoisotopic (exact) mass is 329 g/mol. The van der Waals surface area contributed by atoms with Crippen molar-refractivity contribution in [1.82, 2.24) is 4.98 Å². The molecule has 6 nitrogen and oxygen atoms in total. The van der Waals surface area contributed by atoms with Crippen molar-refractivity contribution in [3.05, 3.63) is 42.2 Å². The van der Waals surface area contributed by atoms with Crippen molar-refractivity contribution in [2.24, 2.45) is 5.92 Å². The molecule has 0 aliphatic carbocycles. The molecular formula is C18H23N3O3. The average molecular weight is 329 g/mol. The zero-order chi connectivity index (χ0) is 17.5. The molecule has 0 spiro atoms. The number of nitrogens with zero attached hydrogens (tertiary/aromatic N) is 1. The molecule has 128 valence electrons. The van der Waals surface area contributed by atoms with Crippen molar-refractivity contribution >= 4 is 17.3 Å². The van der Waals surface area contributed by atoms with Gasteiger partial charge in [-0.05, 0) is 30.2 Å². The third-order valence-corrected chi connectivity index (χ3v) is 3.35. The number of benzene rings is 1. The maximum atomic E-state index is 12.4.